The van der Waals surface area contributed by atoms with Gasteiger partial charge in [0.25, 0.3) is 0 Å². The lowest BCUT2D eigenvalue weighted by atomic mass is 10.1. The van der Waals surface area contributed by atoms with Gasteiger partial charge in [-0.2, -0.15) is 0 Å². The Morgan fingerprint density at radius 1 is 1.20 bits per heavy atom. The second-order valence-electron chi connectivity index (χ2n) is 4.56. The highest BCUT2D eigenvalue weighted by Gasteiger charge is 2.13. The summed E-state index contributed by atoms with van der Waals surface area (Å²) in [5.41, 5.74) is 8.93. The Morgan fingerprint density at radius 3 is 2.55 bits per heavy atom. The molecular weight excluding hydrogens is 359 g/mol. The number of anilines is 1. The highest BCUT2D eigenvalue weighted by atomic mass is 79.9. The third-order valence-electron chi connectivity index (χ3n) is 3.09. The van der Waals surface area contributed by atoms with Gasteiger partial charge >= 0.3 is 0 Å². The second kappa shape index (κ2) is 6.81. The van der Waals surface area contributed by atoms with Crippen molar-refractivity contribution in [1.29, 1.82) is 0 Å². The van der Waals surface area contributed by atoms with Crippen LogP contribution in [0.15, 0.2) is 40.9 Å². The number of halogens is 3. The molecule has 0 spiro atoms. The number of hydrogen-bond acceptors (Lipinski definition) is 2. The zero-order valence-corrected chi connectivity index (χ0v) is 14.1. The van der Waals surface area contributed by atoms with Crippen molar-refractivity contribution in [3.8, 4) is 0 Å². The fourth-order valence-electron chi connectivity index (χ4n) is 1.93. The van der Waals surface area contributed by atoms with Crippen LogP contribution in [0.4, 0.5) is 5.69 Å². The van der Waals surface area contributed by atoms with Crippen LogP contribution >= 0.6 is 39.1 Å². The topological polar surface area (TPSA) is 38.0 Å². The minimum absolute atomic E-state index is 0.0135. The molecule has 0 saturated heterocycles. The molecule has 2 rings (SSSR count). The fourth-order valence-corrected chi connectivity index (χ4v) is 3.07. The Morgan fingerprint density at radius 2 is 1.95 bits per heavy atom. The van der Waals surface area contributed by atoms with E-state index in [1.165, 1.54) is 0 Å². The molecule has 0 radical (unpaired) electrons. The minimum Gasteiger partial charge on any atom is -0.377 e. The van der Waals surface area contributed by atoms with Gasteiger partial charge in [-0.05, 0) is 42.3 Å². The van der Waals surface area contributed by atoms with Crippen molar-refractivity contribution in [2.45, 2.75) is 13.0 Å². The number of nitrogens with one attached hydrogen (secondary N) is 1. The molecule has 0 bridgehead atoms. The molecule has 0 saturated carbocycles. The van der Waals surface area contributed by atoms with Crippen molar-refractivity contribution < 1.29 is 0 Å². The molecule has 0 aliphatic carbocycles. The van der Waals surface area contributed by atoms with Gasteiger partial charge in [0.05, 0.1) is 6.04 Å². The van der Waals surface area contributed by atoms with E-state index in [9.17, 15) is 0 Å². The van der Waals surface area contributed by atoms with E-state index in [-0.39, 0.29) is 6.04 Å². The average Bonchev–Trinajstić information content (AvgIpc) is 2.41. The van der Waals surface area contributed by atoms with Gasteiger partial charge in [0.2, 0.25) is 0 Å². The molecule has 20 heavy (non-hydrogen) atoms. The van der Waals surface area contributed by atoms with Gasteiger partial charge in [-0.3, -0.25) is 0 Å². The van der Waals surface area contributed by atoms with Crippen molar-refractivity contribution in [3.63, 3.8) is 0 Å². The molecule has 0 amide bonds. The van der Waals surface area contributed by atoms with Crippen molar-refractivity contribution in [3.05, 3.63) is 62.0 Å². The van der Waals surface area contributed by atoms with Gasteiger partial charge in [0, 0.05) is 26.8 Å². The van der Waals surface area contributed by atoms with E-state index in [1.807, 2.05) is 43.3 Å². The summed E-state index contributed by atoms with van der Waals surface area (Å²) in [5, 5.41) is 4.82. The zero-order valence-electron chi connectivity index (χ0n) is 11.0. The fraction of sp³-hybridized carbons (Fsp3) is 0.200. The number of benzene rings is 2. The standard InChI is InChI=1S/C15H15BrCl2N2/c1-9-2-4-11(7-14(9)18)20-15(8-19)12-5-3-10(17)6-13(12)16/h2-7,15,20H,8,19H2,1H3. The largest absolute Gasteiger partial charge is 0.377 e. The monoisotopic (exact) mass is 372 g/mol. The first kappa shape index (κ1) is 15.6. The van der Waals surface area contributed by atoms with Crippen LogP contribution in [-0.2, 0) is 0 Å². The molecular formula is C15H15BrCl2N2. The predicted molar refractivity (Wildman–Crippen MR) is 90.8 cm³/mol. The molecule has 0 aliphatic rings. The van der Waals surface area contributed by atoms with Crippen molar-refractivity contribution in [1.82, 2.24) is 0 Å². The summed E-state index contributed by atoms with van der Waals surface area (Å²) in [4.78, 5) is 0. The normalized spacial score (nSPS) is 12.2. The SMILES string of the molecule is Cc1ccc(NC(CN)c2ccc(Cl)cc2Br)cc1Cl. The Kier molecular flexibility index (Phi) is 5.33. The Bertz CT molecular complexity index is 617. The number of aryl methyl sites for hydroxylation is 1. The molecule has 2 aromatic rings. The van der Waals surface area contributed by atoms with E-state index < -0.39 is 0 Å². The van der Waals surface area contributed by atoms with E-state index in [4.69, 9.17) is 28.9 Å². The van der Waals surface area contributed by atoms with E-state index in [2.05, 4.69) is 21.2 Å². The van der Waals surface area contributed by atoms with E-state index in [0.717, 1.165) is 26.3 Å². The average molecular weight is 374 g/mol. The van der Waals surface area contributed by atoms with Gasteiger partial charge in [0.1, 0.15) is 0 Å². The number of nitrogens with two attached hydrogens (primary N) is 1. The summed E-state index contributed by atoms with van der Waals surface area (Å²) < 4.78 is 0.936. The lowest BCUT2D eigenvalue weighted by Crippen LogP contribution is -2.21. The second-order valence-corrected chi connectivity index (χ2v) is 6.26. The molecule has 106 valence electrons. The molecule has 2 aromatic carbocycles. The first-order chi connectivity index (χ1) is 9.51. The molecule has 0 aliphatic heterocycles. The van der Waals surface area contributed by atoms with Crippen LogP contribution in [0.25, 0.3) is 0 Å². The molecule has 3 N–H and O–H groups in total. The smallest absolute Gasteiger partial charge is 0.0647 e. The Labute approximate surface area is 137 Å². The summed E-state index contributed by atoms with van der Waals surface area (Å²) in [5.74, 6) is 0. The first-order valence-corrected chi connectivity index (χ1v) is 7.74. The summed E-state index contributed by atoms with van der Waals surface area (Å²) in [7, 11) is 0. The summed E-state index contributed by atoms with van der Waals surface area (Å²) >= 11 is 15.6. The lowest BCUT2D eigenvalue weighted by molar-refractivity contribution is 0.786. The minimum atomic E-state index is -0.0135. The van der Waals surface area contributed by atoms with Gasteiger partial charge < -0.3 is 11.1 Å². The van der Waals surface area contributed by atoms with Crippen LogP contribution < -0.4 is 11.1 Å². The molecule has 1 unspecified atom stereocenters. The van der Waals surface area contributed by atoms with Crippen molar-refractivity contribution >= 4 is 44.8 Å². The van der Waals surface area contributed by atoms with Crippen LogP contribution in [0, 0.1) is 6.92 Å². The molecule has 5 heteroatoms. The molecule has 0 fully saturated rings. The van der Waals surface area contributed by atoms with E-state index in [1.54, 1.807) is 0 Å². The summed E-state index contributed by atoms with van der Waals surface area (Å²) in [6.45, 7) is 2.44. The predicted octanol–water partition coefficient (Wildman–Crippen LogP) is 5.18. The summed E-state index contributed by atoms with van der Waals surface area (Å²) in [6, 6.07) is 11.6. The third kappa shape index (κ3) is 3.67. The number of hydrogen-bond donors (Lipinski definition) is 2. The Hall–Kier alpha value is -0.740. The van der Waals surface area contributed by atoms with Crippen LogP contribution in [0.1, 0.15) is 17.2 Å². The van der Waals surface area contributed by atoms with Gasteiger partial charge in [0.15, 0.2) is 0 Å². The maximum absolute atomic E-state index is 6.14. The highest BCUT2D eigenvalue weighted by molar-refractivity contribution is 9.10. The number of rotatable bonds is 4. The van der Waals surface area contributed by atoms with Crippen molar-refractivity contribution in [2.24, 2.45) is 5.73 Å². The molecule has 0 aromatic heterocycles. The first-order valence-electron chi connectivity index (χ1n) is 6.19. The van der Waals surface area contributed by atoms with Gasteiger partial charge in [-0.15, -0.1) is 0 Å². The lowest BCUT2D eigenvalue weighted by Gasteiger charge is -2.20. The van der Waals surface area contributed by atoms with Crippen LogP contribution in [-0.4, -0.2) is 6.54 Å². The van der Waals surface area contributed by atoms with Gasteiger partial charge in [-0.1, -0.05) is 51.3 Å². The maximum atomic E-state index is 6.14. The Balaban J connectivity index is 2.26. The zero-order chi connectivity index (χ0) is 14.7. The van der Waals surface area contributed by atoms with Crippen LogP contribution in [0.5, 0.6) is 0 Å². The molecule has 1 atom stereocenters. The van der Waals surface area contributed by atoms with Crippen molar-refractivity contribution in [2.75, 3.05) is 11.9 Å². The summed E-state index contributed by atoms with van der Waals surface area (Å²) in [6.07, 6.45) is 0. The van der Waals surface area contributed by atoms with E-state index in [0.29, 0.717) is 11.6 Å². The van der Waals surface area contributed by atoms with E-state index >= 15 is 0 Å². The van der Waals surface area contributed by atoms with Crippen LogP contribution in [0.2, 0.25) is 10.0 Å². The quantitative estimate of drug-likeness (QED) is 0.775. The molecule has 2 nitrogen and oxygen atoms in total. The highest BCUT2D eigenvalue weighted by Crippen LogP contribution is 2.29. The van der Waals surface area contributed by atoms with Crippen LogP contribution in [0.3, 0.4) is 0 Å². The third-order valence-corrected chi connectivity index (χ3v) is 4.42. The van der Waals surface area contributed by atoms with Gasteiger partial charge in [-0.25, -0.2) is 0 Å². The maximum Gasteiger partial charge on any atom is 0.0647 e. The molecule has 0 heterocycles.